The maximum absolute atomic E-state index is 12.0. The monoisotopic (exact) mass is 311 g/mol. The number of pyridine rings is 1. The van der Waals surface area contributed by atoms with E-state index in [-0.39, 0.29) is 11.6 Å². The van der Waals surface area contributed by atoms with Crippen molar-refractivity contribution in [2.45, 2.75) is 6.04 Å². The lowest BCUT2D eigenvalue weighted by molar-refractivity contribution is 0.690. The Kier molecular flexibility index (Phi) is 2.82. The number of halogens is 1. The fourth-order valence-electron chi connectivity index (χ4n) is 1.54. The number of rotatable bonds is 1. The van der Waals surface area contributed by atoms with Crippen molar-refractivity contribution in [3.05, 3.63) is 58.2 Å². The van der Waals surface area contributed by atoms with Crippen molar-refractivity contribution < 1.29 is 0 Å². The summed E-state index contributed by atoms with van der Waals surface area (Å²) in [7, 11) is 0. The Morgan fingerprint density at radius 3 is 2.60 bits per heavy atom. The van der Waals surface area contributed by atoms with Crippen LogP contribution in [0.15, 0.2) is 35.3 Å². The van der Waals surface area contributed by atoms with Crippen LogP contribution in [0, 0.1) is 17.4 Å². The molecule has 0 saturated heterocycles. The van der Waals surface area contributed by atoms with E-state index >= 15 is 0 Å². The lowest BCUT2D eigenvalue weighted by Gasteiger charge is -2.10. The van der Waals surface area contributed by atoms with Crippen LogP contribution < -0.4 is 5.56 Å². The van der Waals surface area contributed by atoms with Gasteiger partial charge in [-0.1, -0.05) is 6.07 Å². The highest BCUT2D eigenvalue weighted by atomic mass is 127. The van der Waals surface area contributed by atoms with Gasteiger partial charge in [-0.05, 0) is 54.6 Å². The van der Waals surface area contributed by atoms with Crippen LogP contribution in [0.4, 0.5) is 0 Å². The first-order chi connectivity index (χ1) is 7.11. The van der Waals surface area contributed by atoms with Gasteiger partial charge in [0, 0.05) is 26.6 Å². The minimum Gasteiger partial charge on any atom is -0.312 e. The van der Waals surface area contributed by atoms with Crippen LogP contribution in [0.3, 0.4) is 0 Å². The van der Waals surface area contributed by atoms with E-state index in [4.69, 9.17) is 0 Å². The van der Waals surface area contributed by atoms with Gasteiger partial charge in [-0.2, -0.15) is 0 Å². The summed E-state index contributed by atoms with van der Waals surface area (Å²) in [5.74, 6) is 0. The van der Waals surface area contributed by atoms with Gasteiger partial charge in [0.05, 0.1) is 0 Å². The molecule has 0 saturated carbocycles. The zero-order valence-electron chi connectivity index (χ0n) is 8.11. The summed E-state index contributed by atoms with van der Waals surface area (Å²) in [6.45, 7) is 7.50. The van der Waals surface area contributed by atoms with Crippen molar-refractivity contribution in [2.24, 2.45) is 0 Å². The van der Waals surface area contributed by atoms with E-state index in [0.29, 0.717) is 0 Å². The fourth-order valence-corrected chi connectivity index (χ4v) is 2.22. The Balaban J connectivity index is 2.86. The molecule has 0 aliphatic rings. The summed E-state index contributed by atoms with van der Waals surface area (Å²) in [6, 6.07) is 7.34. The van der Waals surface area contributed by atoms with Gasteiger partial charge in [0.2, 0.25) is 0 Å². The summed E-state index contributed by atoms with van der Waals surface area (Å²) in [6.07, 6.45) is 1.75. The molecule has 0 bridgehead atoms. The van der Waals surface area contributed by atoms with Gasteiger partial charge in [-0.3, -0.25) is 4.79 Å². The summed E-state index contributed by atoms with van der Waals surface area (Å²) in [5, 5.41) is 1.71. The highest BCUT2D eigenvalue weighted by Crippen LogP contribution is 2.17. The van der Waals surface area contributed by atoms with E-state index in [1.807, 2.05) is 24.3 Å². The zero-order chi connectivity index (χ0) is 11.0. The third kappa shape index (κ3) is 1.80. The Bertz CT molecular complexity index is 557. The third-order valence-electron chi connectivity index (χ3n) is 2.31. The van der Waals surface area contributed by atoms with Crippen LogP contribution in [-0.2, 0) is 0 Å². The molecule has 0 spiro atoms. The minimum absolute atomic E-state index is 0.0268. The largest absolute Gasteiger partial charge is 0.312 e. The molecule has 15 heavy (non-hydrogen) atoms. The van der Waals surface area contributed by atoms with E-state index in [2.05, 4.69) is 36.4 Å². The first-order valence-corrected chi connectivity index (χ1v) is 5.64. The molecule has 2 rings (SSSR count). The molecule has 2 radical (unpaired) electrons. The van der Waals surface area contributed by atoms with Crippen molar-refractivity contribution in [2.75, 3.05) is 0 Å². The lowest BCUT2D eigenvalue weighted by atomic mass is 10.1. The van der Waals surface area contributed by atoms with Crippen LogP contribution in [-0.4, -0.2) is 4.57 Å². The Labute approximate surface area is 102 Å². The van der Waals surface area contributed by atoms with Crippen molar-refractivity contribution >= 4 is 33.4 Å². The normalized spacial score (nSPS) is 11.2. The standard InChI is InChI=1S/C12H10INO/c1-8(2)14-7-6-9-10(12(14)15)4-3-5-11(9)13/h3-8H,1-2H2. The molecule has 0 aliphatic heterocycles. The van der Waals surface area contributed by atoms with Crippen LogP contribution in [0.5, 0.6) is 0 Å². The molecule has 0 atom stereocenters. The first kappa shape index (κ1) is 10.7. The predicted molar refractivity (Wildman–Crippen MR) is 70.7 cm³/mol. The van der Waals surface area contributed by atoms with E-state index in [9.17, 15) is 4.79 Å². The predicted octanol–water partition coefficient (Wildman–Crippen LogP) is 2.82. The molecule has 1 aromatic carbocycles. The Morgan fingerprint density at radius 2 is 1.93 bits per heavy atom. The molecule has 0 aliphatic carbocycles. The topological polar surface area (TPSA) is 22.0 Å². The SMILES string of the molecule is [CH2]C([CH2])n1ccc2c(I)cccc2c1=O. The van der Waals surface area contributed by atoms with Crippen molar-refractivity contribution in [3.8, 4) is 0 Å². The fraction of sp³-hybridized carbons (Fsp3) is 0.0833. The second-order valence-corrected chi connectivity index (χ2v) is 4.55. The van der Waals surface area contributed by atoms with Crippen molar-refractivity contribution in [1.29, 1.82) is 0 Å². The maximum atomic E-state index is 12.0. The summed E-state index contributed by atoms with van der Waals surface area (Å²) in [4.78, 5) is 12.0. The van der Waals surface area contributed by atoms with Crippen LogP contribution in [0.1, 0.15) is 6.04 Å². The van der Waals surface area contributed by atoms with Gasteiger partial charge in [-0.25, -0.2) is 0 Å². The maximum Gasteiger partial charge on any atom is 0.258 e. The van der Waals surface area contributed by atoms with E-state index in [1.54, 1.807) is 10.8 Å². The molecule has 1 heterocycles. The van der Waals surface area contributed by atoms with E-state index < -0.39 is 0 Å². The highest BCUT2D eigenvalue weighted by molar-refractivity contribution is 14.1. The van der Waals surface area contributed by atoms with Crippen molar-refractivity contribution in [1.82, 2.24) is 4.57 Å². The number of nitrogens with zero attached hydrogens (tertiary/aromatic N) is 1. The molecular formula is C12H10INO. The van der Waals surface area contributed by atoms with Crippen LogP contribution in [0.25, 0.3) is 10.8 Å². The van der Waals surface area contributed by atoms with Gasteiger partial charge in [0.25, 0.3) is 5.56 Å². The molecule has 0 N–H and O–H groups in total. The van der Waals surface area contributed by atoms with Crippen LogP contribution in [0.2, 0.25) is 0 Å². The number of fused-ring (bicyclic) bond motifs is 1. The molecule has 0 amide bonds. The van der Waals surface area contributed by atoms with Gasteiger partial charge in [0.1, 0.15) is 0 Å². The van der Waals surface area contributed by atoms with E-state index in [0.717, 1.165) is 14.3 Å². The van der Waals surface area contributed by atoms with Gasteiger partial charge >= 0.3 is 0 Å². The molecule has 1 aromatic heterocycles. The average Bonchev–Trinajstić information content (AvgIpc) is 2.19. The summed E-state index contributed by atoms with van der Waals surface area (Å²) < 4.78 is 2.62. The summed E-state index contributed by atoms with van der Waals surface area (Å²) in [5.41, 5.74) is -0.0268. The van der Waals surface area contributed by atoms with E-state index in [1.165, 1.54) is 0 Å². The zero-order valence-corrected chi connectivity index (χ0v) is 10.3. The third-order valence-corrected chi connectivity index (χ3v) is 3.25. The Hall–Kier alpha value is -0.840. The molecule has 0 fully saturated rings. The first-order valence-electron chi connectivity index (χ1n) is 4.57. The molecule has 0 unspecified atom stereocenters. The number of hydrogen-bond donors (Lipinski definition) is 0. The van der Waals surface area contributed by atoms with Gasteiger partial charge in [-0.15, -0.1) is 0 Å². The number of benzene rings is 1. The molecule has 76 valence electrons. The van der Waals surface area contributed by atoms with Crippen molar-refractivity contribution in [3.63, 3.8) is 0 Å². The molecule has 2 aromatic rings. The number of aromatic nitrogens is 1. The molecular weight excluding hydrogens is 301 g/mol. The van der Waals surface area contributed by atoms with Gasteiger partial charge < -0.3 is 4.57 Å². The Morgan fingerprint density at radius 1 is 1.20 bits per heavy atom. The second-order valence-electron chi connectivity index (χ2n) is 3.38. The molecule has 3 heteroatoms. The van der Waals surface area contributed by atoms with Gasteiger partial charge in [0.15, 0.2) is 0 Å². The number of hydrogen-bond acceptors (Lipinski definition) is 1. The minimum atomic E-state index is -0.292. The summed E-state index contributed by atoms with van der Waals surface area (Å²) >= 11 is 2.22. The van der Waals surface area contributed by atoms with Crippen LogP contribution >= 0.6 is 22.6 Å². The average molecular weight is 311 g/mol. The quantitative estimate of drug-likeness (QED) is 0.742. The second kappa shape index (κ2) is 3.96. The smallest absolute Gasteiger partial charge is 0.258 e. The molecule has 2 nitrogen and oxygen atoms in total. The lowest BCUT2D eigenvalue weighted by Crippen LogP contribution is -2.21. The highest BCUT2D eigenvalue weighted by Gasteiger charge is 2.06.